The van der Waals surface area contributed by atoms with Crippen molar-refractivity contribution in [2.75, 3.05) is 19.0 Å². The maximum absolute atomic E-state index is 12.5. The molecule has 0 spiro atoms. The van der Waals surface area contributed by atoms with Crippen molar-refractivity contribution in [2.45, 2.75) is 19.0 Å². The van der Waals surface area contributed by atoms with Gasteiger partial charge >= 0.3 is 5.97 Å². The summed E-state index contributed by atoms with van der Waals surface area (Å²) in [6.45, 7) is 1.17. The molecule has 2 heterocycles. The third-order valence-corrected chi connectivity index (χ3v) is 4.02. The summed E-state index contributed by atoms with van der Waals surface area (Å²) in [4.78, 5) is 32.8. The largest absolute Gasteiger partial charge is 0.497 e. The van der Waals surface area contributed by atoms with Crippen LogP contribution < -0.4 is 10.1 Å². The lowest BCUT2D eigenvalue weighted by Crippen LogP contribution is -2.33. The monoisotopic (exact) mass is 342 g/mol. The van der Waals surface area contributed by atoms with Crippen LogP contribution in [-0.4, -0.2) is 51.5 Å². The molecule has 0 radical (unpaired) electrons. The molecule has 1 fully saturated rings. The number of nitrogens with one attached hydrogen (secondary N) is 1. The lowest BCUT2D eigenvalue weighted by Gasteiger charge is -2.17. The van der Waals surface area contributed by atoms with Crippen molar-refractivity contribution in [3.63, 3.8) is 0 Å². The Morgan fingerprint density at radius 2 is 2.08 bits per heavy atom. The molecule has 1 amide bonds. The van der Waals surface area contributed by atoms with Crippen LogP contribution in [0.4, 0.5) is 5.82 Å². The number of aromatic nitrogens is 2. The second-order valence-electron chi connectivity index (χ2n) is 5.69. The van der Waals surface area contributed by atoms with Crippen LogP contribution in [0.3, 0.4) is 0 Å². The van der Waals surface area contributed by atoms with Crippen molar-refractivity contribution in [3.05, 3.63) is 47.9 Å². The van der Waals surface area contributed by atoms with Gasteiger partial charge in [0, 0.05) is 13.1 Å². The fourth-order valence-electron chi connectivity index (χ4n) is 2.67. The Balaban J connectivity index is 1.60. The van der Waals surface area contributed by atoms with Gasteiger partial charge in [0.25, 0.3) is 0 Å². The van der Waals surface area contributed by atoms with Gasteiger partial charge in [-0.15, -0.1) is 0 Å². The number of rotatable bonds is 6. The number of carbonyl (C=O) groups excluding carboxylic acids is 1. The Morgan fingerprint density at radius 1 is 1.32 bits per heavy atom. The Hall–Kier alpha value is -3.16. The number of anilines is 1. The summed E-state index contributed by atoms with van der Waals surface area (Å²) < 4.78 is 5.13. The molecular weight excluding hydrogens is 324 g/mol. The minimum absolute atomic E-state index is 0.0140. The fraction of sp³-hybridized carbons (Fsp3) is 0.294. The highest BCUT2D eigenvalue weighted by atomic mass is 16.5. The van der Waals surface area contributed by atoms with Gasteiger partial charge in [-0.05, 0) is 24.1 Å². The topological polar surface area (TPSA) is 105 Å². The van der Waals surface area contributed by atoms with E-state index in [2.05, 4.69) is 15.3 Å². The number of hydrogen-bond acceptors (Lipinski definition) is 6. The van der Waals surface area contributed by atoms with E-state index in [0.29, 0.717) is 25.3 Å². The molecule has 0 saturated carbocycles. The second-order valence-corrected chi connectivity index (χ2v) is 5.69. The molecule has 1 aliphatic rings. The SMILES string of the molecule is COc1ccc(CN2CCC(Nc3cnc(C(=O)O)cn3)C2=O)cc1. The van der Waals surface area contributed by atoms with Crippen LogP contribution >= 0.6 is 0 Å². The zero-order valence-corrected chi connectivity index (χ0v) is 13.7. The molecule has 2 aromatic rings. The van der Waals surface area contributed by atoms with Gasteiger partial charge in [0.1, 0.15) is 17.6 Å². The molecule has 1 unspecified atom stereocenters. The maximum Gasteiger partial charge on any atom is 0.356 e. The Kier molecular flexibility index (Phi) is 4.78. The van der Waals surface area contributed by atoms with Gasteiger partial charge in [-0.2, -0.15) is 0 Å². The minimum atomic E-state index is -1.14. The van der Waals surface area contributed by atoms with Crippen molar-refractivity contribution in [2.24, 2.45) is 0 Å². The number of amides is 1. The molecule has 25 heavy (non-hydrogen) atoms. The second kappa shape index (κ2) is 7.16. The number of methoxy groups -OCH3 is 1. The van der Waals surface area contributed by atoms with Crippen LogP contribution in [0.25, 0.3) is 0 Å². The van der Waals surface area contributed by atoms with Crippen LogP contribution in [0.2, 0.25) is 0 Å². The number of nitrogens with zero attached hydrogens (tertiary/aromatic N) is 3. The Morgan fingerprint density at radius 3 is 2.68 bits per heavy atom. The maximum atomic E-state index is 12.5. The zero-order valence-electron chi connectivity index (χ0n) is 13.7. The number of benzene rings is 1. The van der Waals surface area contributed by atoms with Gasteiger partial charge in [-0.3, -0.25) is 4.79 Å². The van der Waals surface area contributed by atoms with E-state index in [1.807, 2.05) is 24.3 Å². The van der Waals surface area contributed by atoms with Gasteiger partial charge in [-0.25, -0.2) is 14.8 Å². The first-order chi connectivity index (χ1) is 12.1. The summed E-state index contributed by atoms with van der Waals surface area (Å²) in [5.41, 5.74) is 0.893. The molecule has 3 rings (SSSR count). The molecule has 0 bridgehead atoms. The van der Waals surface area contributed by atoms with E-state index in [-0.39, 0.29) is 17.6 Å². The average molecular weight is 342 g/mol. The summed E-state index contributed by atoms with van der Waals surface area (Å²) >= 11 is 0. The van der Waals surface area contributed by atoms with E-state index in [1.54, 1.807) is 12.0 Å². The van der Waals surface area contributed by atoms with Crippen molar-refractivity contribution in [1.29, 1.82) is 0 Å². The number of carboxylic acid groups (broad SMARTS) is 1. The highest BCUT2D eigenvalue weighted by Crippen LogP contribution is 2.19. The van der Waals surface area contributed by atoms with E-state index in [9.17, 15) is 9.59 Å². The quantitative estimate of drug-likeness (QED) is 0.817. The molecular formula is C17H18N4O4. The normalized spacial score (nSPS) is 16.8. The number of hydrogen-bond donors (Lipinski definition) is 2. The number of aromatic carboxylic acids is 1. The number of carboxylic acids is 1. The van der Waals surface area contributed by atoms with Gasteiger partial charge in [0.05, 0.1) is 19.5 Å². The van der Waals surface area contributed by atoms with Gasteiger partial charge in [0.2, 0.25) is 5.91 Å². The van der Waals surface area contributed by atoms with E-state index in [4.69, 9.17) is 9.84 Å². The Labute approximate surface area is 144 Å². The smallest absolute Gasteiger partial charge is 0.356 e. The first kappa shape index (κ1) is 16.7. The molecule has 2 N–H and O–H groups in total. The molecule has 1 aliphatic heterocycles. The summed E-state index contributed by atoms with van der Waals surface area (Å²) in [5.74, 6) is 0.00987. The molecule has 1 aromatic heterocycles. The van der Waals surface area contributed by atoms with Crippen molar-refractivity contribution < 1.29 is 19.4 Å². The predicted octanol–water partition coefficient (Wildman–Crippen LogP) is 1.40. The standard InChI is InChI=1S/C17H18N4O4/c1-25-12-4-2-11(3-5-12)10-21-7-6-13(16(21)22)20-15-9-18-14(8-19-15)17(23)24/h2-5,8-9,13H,6-7,10H2,1H3,(H,19,20)(H,23,24). The van der Waals surface area contributed by atoms with Crippen LogP contribution in [-0.2, 0) is 11.3 Å². The summed E-state index contributed by atoms with van der Waals surface area (Å²) in [7, 11) is 1.61. The van der Waals surface area contributed by atoms with Gasteiger partial charge in [-0.1, -0.05) is 12.1 Å². The summed E-state index contributed by atoms with van der Waals surface area (Å²) in [6.07, 6.45) is 3.14. The molecule has 1 saturated heterocycles. The molecule has 0 aliphatic carbocycles. The summed E-state index contributed by atoms with van der Waals surface area (Å²) in [5, 5.41) is 11.8. The van der Waals surface area contributed by atoms with Crippen LogP contribution in [0, 0.1) is 0 Å². The zero-order chi connectivity index (χ0) is 17.8. The fourth-order valence-corrected chi connectivity index (χ4v) is 2.67. The van der Waals surface area contributed by atoms with Crippen LogP contribution in [0.1, 0.15) is 22.5 Å². The average Bonchev–Trinajstić information content (AvgIpc) is 2.96. The highest BCUT2D eigenvalue weighted by Gasteiger charge is 2.31. The lowest BCUT2D eigenvalue weighted by atomic mass is 10.2. The first-order valence-electron chi connectivity index (χ1n) is 7.80. The van der Waals surface area contributed by atoms with Gasteiger partial charge in [0.15, 0.2) is 5.69 Å². The first-order valence-corrected chi connectivity index (χ1v) is 7.80. The van der Waals surface area contributed by atoms with Crippen molar-refractivity contribution in [3.8, 4) is 5.75 Å². The van der Waals surface area contributed by atoms with E-state index >= 15 is 0 Å². The van der Waals surface area contributed by atoms with E-state index in [0.717, 1.165) is 11.3 Å². The van der Waals surface area contributed by atoms with Crippen LogP contribution in [0.5, 0.6) is 5.75 Å². The molecule has 8 heteroatoms. The number of carbonyl (C=O) groups is 2. The summed E-state index contributed by atoms with van der Waals surface area (Å²) in [6, 6.07) is 7.21. The number of likely N-dealkylation sites (tertiary alicyclic amines) is 1. The van der Waals surface area contributed by atoms with Crippen molar-refractivity contribution >= 4 is 17.7 Å². The molecule has 8 nitrogen and oxygen atoms in total. The van der Waals surface area contributed by atoms with E-state index < -0.39 is 5.97 Å². The van der Waals surface area contributed by atoms with Crippen LogP contribution in [0.15, 0.2) is 36.7 Å². The van der Waals surface area contributed by atoms with Crippen molar-refractivity contribution in [1.82, 2.24) is 14.9 Å². The third-order valence-electron chi connectivity index (χ3n) is 4.02. The third kappa shape index (κ3) is 3.85. The molecule has 130 valence electrons. The minimum Gasteiger partial charge on any atom is -0.497 e. The van der Waals surface area contributed by atoms with Gasteiger partial charge < -0.3 is 20.1 Å². The van der Waals surface area contributed by atoms with E-state index in [1.165, 1.54) is 12.4 Å². The number of ether oxygens (including phenoxy) is 1. The molecule has 1 atom stereocenters. The highest BCUT2D eigenvalue weighted by molar-refractivity contribution is 5.87. The Bertz CT molecular complexity index is 761. The molecule has 1 aromatic carbocycles. The predicted molar refractivity (Wildman–Crippen MR) is 89.4 cm³/mol. The lowest BCUT2D eigenvalue weighted by molar-refractivity contribution is -0.128.